The molecule has 4 nitrogen and oxygen atoms in total. The minimum atomic E-state index is -0.845. The SMILES string of the molecule is Cc1ccccc1C1(O)CCN(C(=O)C(c2ccccc2)N(C)C)CC1. The molecular weight excluding hydrogens is 324 g/mol. The van der Waals surface area contributed by atoms with Crippen molar-refractivity contribution >= 4 is 5.91 Å². The Labute approximate surface area is 156 Å². The maximum absolute atomic E-state index is 13.2. The van der Waals surface area contributed by atoms with Crippen molar-refractivity contribution in [3.8, 4) is 0 Å². The van der Waals surface area contributed by atoms with E-state index in [2.05, 4.69) is 0 Å². The molecule has 1 N–H and O–H groups in total. The van der Waals surface area contributed by atoms with E-state index >= 15 is 0 Å². The molecule has 4 heteroatoms. The predicted molar refractivity (Wildman–Crippen MR) is 104 cm³/mol. The van der Waals surface area contributed by atoms with Gasteiger partial charge in [0.1, 0.15) is 6.04 Å². The van der Waals surface area contributed by atoms with Crippen molar-refractivity contribution < 1.29 is 9.90 Å². The van der Waals surface area contributed by atoms with E-state index in [-0.39, 0.29) is 11.9 Å². The number of amides is 1. The average Bonchev–Trinajstić information content (AvgIpc) is 2.63. The van der Waals surface area contributed by atoms with Crippen LogP contribution in [0.5, 0.6) is 0 Å². The van der Waals surface area contributed by atoms with Gasteiger partial charge in [0, 0.05) is 13.1 Å². The third kappa shape index (κ3) is 3.67. The Morgan fingerprint density at radius 1 is 1.04 bits per heavy atom. The Bertz CT molecular complexity index is 750. The minimum Gasteiger partial charge on any atom is -0.385 e. The van der Waals surface area contributed by atoms with E-state index in [1.807, 2.05) is 85.4 Å². The molecule has 26 heavy (non-hydrogen) atoms. The highest BCUT2D eigenvalue weighted by atomic mass is 16.3. The lowest BCUT2D eigenvalue weighted by molar-refractivity contribution is -0.141. The Balaban J connectivity index is 1.74. The van der Waals surface area contributed by atoms with Crippen molar-refractivity contribution in [3.63, 3.8) is 0 Å². The van der Waals surface area contributed by atoms with Gasteiger partial charge in [-0.05, 0) is 50.6 Å². The number of rotatable bonds is 4. The van der Waals surface area contributed by atoms with Crippen LogP contribution in [0.2, 0.25) is 0 Å². The van der Waals surface area contributed by atoms with Crippen LogP contribution in [0.4, 0.5) is 0 Å². The highest BCUT2D eigenvalue weighted by molar-refractivity contribution is 5.83. The fourth-order valence-corrected chi connectivity index (χ4v) is 3.93. The molecule has 2 aromatic carbocycles. The summed E-state index contributed by atoms with van der Waals surface area (Å²) in [4.78, 5) is 17.0. The summed E-state index contributed by atoms with van der Waals surface area (Å²) in [5.74, 6) is 0.105. The second kappa shape index (κ2) is 7.60. The lowest BCUT2D eigenvalue weighted by Crippen LogP contribution is -2.48. The first kappa shape index (κ1) is 18.6. The van der Waals surface area contributed by atoms with Crippen LogP contribution in [0, 0.1) is 6.92 Å². The molecule has 1 atom stereocenters. The van der Waals surface area contributed by atoms with Crippen molar-refractivity contribution in [2.45, 2.75) is 31.4 Å². The maximum atomic E-state index is 13.2. The first-order chi connectivity index (χ1) is 12.4. The number of hydrogen-bond donors (Lipinski definition) is 1. The normalized spacial score (nSPS) is 18.0. The topological polar surface area (TPSA) is 43.8 Å². The van der Waals surface area contributed by atoms with E-state index in [0.717, 1.165) is 16.7 Å². The summed E-state index contributed by atoms with van der Waals surface area (Å²) in [6.07, 6.45) is 1.14. The summed E-state index contributed by atoms with van der Waals surface area (Å²) in [6.45, 7) is 3.17. The highest BCUT2D eigenvalue weighted by Gasteiger charge is 2.38. The van der Waals surface area contributed by atoms with E-state index in [9.17, 15) is 9.90 Å². The van der Waals surface area contributed by atoms with Gasteiger partial charge in [-0.15, -0.1) is 0 Å². The Morgan fingerprint density at radius 2 is 1.62 bits per heavy atom. The predicted octanol–water partition coefficient (Wildman–Crippen LogP) is 3.11. The van der Waals surface area contributed by atoms with E-state index in [1.54, 1.807) is 0 Å². The summed E-state index contributed by atoms with van der Waals surface area (Å²) in [6, 6.07) is 17.6. The summed E-state index contributed by atoms with van der Waals surface area (Å²) >= 11 is 0. The molecule has 0 aromatic heterocycles. The molecule has 1 unspecified atom stereocenters. The third-order valence-electron chi connectivity index (χ3n) is 5.41. The van der Waals surface area contributed by atoms with Crippen LogP contribution in [0.15, 0.2) is 54.6 Å². The molecule has 0 bridgehead atoms. The first-order valence-electron chi connectivity index (χ1n) is 9.21. The van der Waals surface area contributed by atoms with Crippen molar-refractivity contribution in [1.29, 1.82) is 0 Å². The number of carbonyl (C=O) groups is 1. The van der Waals surface area contributed by atoms with Gasteiger partial charge in [-0.1, -0.05) is 54.6 Å². The molecule has 1 aliphatic rings. The fourth-order valence-electron chi connectivity index (χ4n) is 3.93. The first-order valence-corrected chi connectivity index (χ1v) is 9.21. The van der Waals surface area contributed by atoms with E-state index in [0.29, 0.717) is 25.9 Å². The number of benzene rings is 2. The molecule has 0 saturated carbocycles. The van der Waals surface area contributed by atoms with Crippen LogP contribution in [0.3, 0.4) is 0 Å². The van der Waals surface area contributed by atoms with E-state index in [1.165, 1.54) is 0 Å². The van der Waals surface area contributed by atoms with Crippen molar-refractivity contribution in [3.05, 3.63) is 71.3 Å². The number of aryl methyl sites for hydroxylation is 1. The molecule has 1 fully saturated rings. The monoisotopic (exact) mass is 352 g/mol. The van der Waals surface area contributed by atoms with Crippen LogP contribution < -0.4 is 0 Å². The Morgan fingerprint density at radius 3 is 2.19 bits per heavy atom. The third-order valence-corrected chi connectivity index (χ3v) is 5.41. The summed E-state index contributed by atoms with van der Waals surface area (Å²) < 4.78 is 0. The van der Waals surface area contributed by atoms with Crippen LogP contribution >= 0.6 is 0 Å². The molecule has 1 amide bonds. The van der Waals surface area contributed by atoms with Gasteiger partial charge >= 0.3 is 0 Å². The molecular formula is C22H28N2O2. The molecule has 3 rings (SSSR count). The lowest BCUT2D eigenvalue weighted by atomic mass is 9.82. The fraction of sp³-hybridized carbons (Fsp3) is 0.409. The second-order valence-electron chi connectivity index (χ2n) is 7.45. The molecule has 138 valence electrons. The van der Waals surface area contributed by atoms with Crippen molar-refractivity contribution in [2.24, 2.45) is 0 Å². The van der Waals surface area contributed by atoms with Gasteiger partial charge in [-0.25, -0.2) is 0 Å². The van der Waals surface area contributed by atoms with Crippen LogP contribution in [-0.4, -0.2) is 48.0 Å². The standard InChI is InChI=1S/C22H28N2O2/c1-17-9-7-8-12-19(17)22(26)13-15-24(16-14-22)21(25)20(23(2)3)18-10-5-4-6-11-18/h4-12,20,26H,13-16H2,1-3H3. The molecule has 2 aromatic rings. The number of nitrogens with zero attached hydrogens (tertiary/aromatic N) is 2. The van der Waals surface area contributed by atoms with Crippen LogP contribution in [-0.2, 0) is 10.4 Å². The molecule has 0 spiro atoms. The minimum absolute atomic E-state index is 0.105. The number of aliphatic hydroxyl groups is 1. The zero-order valence-corrected chi connectivity index (χ0v) is 15.9. The zero-order valence-electron chi connectivity index (χ0n) is 15.9. The quantitative estimate of drug-likeness (QED) is 0.919. The van der Waals surface area contributed by atoms with Gasteiger partial charge < -0.3 is 10.0 Å². The highest BCUT2D eigenvalue weighted by Crippen LogP contribution is 2.35. The number of piperidine rings is 1. The molecule has 1 aliphatic heterocycles. The largest absolute Gasteiger partial charge is 0.385 e. The van der Waals surface area contributed by atoms with Gasteiger partial charge in [0.15, 0.2) is 0 Å². The van der Waals surface area contributed by atoms with Crippen LogP contribution in [0.25, 0.3) is 0 Å². The number of likely N-dealkylation sites (tertiary alicyclic amines) is 1. The Kier molecular flexibility index (Phi) is 5.44. The lowest BCUT2D eigenvalue weighted by Gasteiger charge is -2.41. The van der Waals surface area contributed by atoms with Crippen molar-refractivity contribution in [2.75, 3.05) is 27.2 Å². The van der Waals surface area contributed by atoms with Gasteiger partial charge in [-0.3, -0.25) is 9.69 Å². The van der Waals surface area contributed by atoms with Crippen molar-refractivity contribution in [1.82, 2.24) is 9.80 Å². The summed E-state index contributed by atoms with van der Waals surface area (Å²) in [7, 11) is 3.87. The molecule has 0 aliphatic carbocycles. The molecule has 0 radical (unpaired) electrons. The number of carbonyl (C=O) groups excluding carboxylic acids is 1. The van der Waals surface area contributed by atoms with Gasteiger partial charge in [0.05, 0.1) is 5.60 Å². The Hall–Kier alpha value is -2.17. The molecule has 1 saturated heterocycles. The second-order valence-corrected chi connectivity index (χ2v) is 7.45. The summed E-state index contributed by atoms with van der Waals surface area (Å²) in [5, 5.41) is 11.1. The van der Waals surface area contributed by atoms with Crippen LogP contribution in [0.1, 0.15) is 35.6 Å². The van der Waals surface area contributed by atoms with E-state index < -0.39 is 5.60 Å². The maximum Gasteiger partial charge on any atom is 0.244 e. The van der Waals surface area contributed by atoms with E-state index in [4.69, 9.17) is 0 Å². The number of hydrogen-bond acceptors (Lipinski definition) is 3. The average molecular weight is 352 g/mol. The number of likely N-dealkylation sites (N-methyl/N-ethyl adjacent to an activating group) is 1. The van der Waals surface area contributed by atoms with Gasteiger partial charge in [0.25, 0.3) is 0 Å². The zero-order chi connectivity index (χ0) is 18.7. The molecule has 1 heterocycles. The summed E-state index contributed by atoms with van der Waals surface area (Å²) in [5.41, 5.74) is 2.24. The van der Waals surface area contributed by atoms with Gasteiger partial charge in [-0.2, -0.15) is 0 Å². The smallest absolute Gasteiger partial charge is 0.244 e. The van der Waals surface area contributed by atoms with Gasteiger partial charge in [0.2, 0.25) is 5.91 Å².